The molecule has 1 amide bonds. The molecule has 2 fully saturated rings. The van der Waals surface area contributed by atoms with E-state index >= 15 is 0 Å². The monoisotopic (exact) mass is 824 g/mol. The maximum atomic E-state index is 14.0. The lowest BCUT2D eigenvalue weighted by Crippen LogP contribution is -3.00. The Morgan fingerprint density at radius 1 is 1.00 bits per heavy atom. The van der Waals surface area contributed by atoms with Gasteiger partial charge in [0.05, 0.1) is 50.1 Å². The van der Waals surface area contributed by atoms with Crippen molar-refractivity contribution in [3.63, 3.8) is 0 Å². The van der Waals surface area contributed by atoms with Gasteiger partial charge in [0.1, 0.15) is 0 Å². The summed E-state index contributed by atoms with van der Waals surface area (Å²) in [5, 5.41) is 17.8. The van der Waals surface area contributed by atoms with Gasteiger partial charge in [-0.05, 0) is 58.3 Å². The highest BCUT2D eigenvalue weighted by Gasteiger charge is 2.64. The number of rotatable bonds is 19. The molecule has 0 unspecified atom stereocenters. The molecule has 8 atom stereocenters. The first kappa shape index (κ1) is 48.8. The first-order valence-electron chi connectivity index (χ1n) is 20.7. The van der Waals surface area contributed by atoms with Crippen molar-refractivity contribution in [1.82, 2.24) is 15.5 Å². The summed E-state index contributed by atoms with van der Waals surface area (Å²) < 4.78 is 22.1. The summed E-state index contributed by atoms with van der Waals surface area (Å²) in [6, 6.07) is 0.358. The number of carbonyl (C=O) groups excluding carboxylic acids is 2. The maximum Gasteiger partial charge on any atom is 0.350 e. The summed E-state index contributed by atoms with van der Waals surface area (Å²) in [5.41, 5.74) is 6.51. The zero-order valence-electron chi connectivity index (χ0n) is 33.0. The number of amides is 1. The molecule has 9 N–H and O–H groups in total. The van der Waals surface area contributed by atoms with E-state index in [2.05, 4.69) is 52.7 Å². The van der Waals surface area contributed by atoms with Gasteiger partial charge in [0.25, 0.3) is 0 Å². The number of nitrogens with zero attached hydrogens (tertiary/aromatic N) is 2. The Morgan fingerprint density at radius 3 is 2.44 bits per heavy atom. The molecule has 5 aliphatic heterocycles. The molecule has 0 bridgehead atoms. The third-order valence-corrected chi connectivity index (χ3v) is 11.9. The topological polar surface area (TPSA) is 168 Å². The molecule has 2 spiro atoms. The highest BCUT2D eigenvalue weighted by molar-refractivity contribution is 5.82. The number of esters is 1. The van der Waals surface area contributed by atoms with Crippen molar-refractivity contribution in [3.05, 3.63) is 12.2 Å². The molecule has 0 aliphatic carbocycles. The zero-order valence-corrected chi connectivity index (χ0v) is 35.3. The third-order valence-electron chi connectivity index (χ3n) is 11.9. The Labute approximate surface area is 342 Å². The molecule has 15 heteroatoms. The minimum atomic E-state index is -0.781. The second-order valence-corrected chi connectivity index (χ2v) is 16.0. The molecule has 0 aromatic rings. The van der Waals surface area contributed by atoms with Crippen LogP contribution in [0.1, 0.15) is 136 Å². The number of ether oxygens (including phenoxy) is 3. The maximum absolute atomic E-state index is 14.0. The van der Waals surface area contributed by atoms with Gasteiger partial charge in [-0.15, -0.1) is 0 Å². The van der Waals surface area contributed by atoms with Crippen LogP contribution in [-0.4, -0.2) is 107 Å². The number of quaternary nitrogens is 2. The highest BCUT2D eigenvalue weighted by Crippen LogP contribution is 2.45. The molecule has 12 nitrogen and oxygen atoms in total. The number of unbranched alkanes of at least 4 members (excludes halogenated alkanes) is 6. The summed E-state index contributed by atoms with van der Waals surface area (Å²) in [7, 11) is 0. The van der Waals surface area contributed by atoms with Crippen LogP contribution in [0.15, 0.2) is 12.2 Å². The second-order valence-electron chi connectivity index (χ2n) is 16.0. The van der Waals surface area contributed by atoms with Crippen molar-refractivity contribution >= 4 is 17.8 Å². The largest absolute Gasteiger partial charge is 1.00 e. The minimum absolute atomic E-state index is 0. The van der Waals surface area contributed by atoms with Crippen LogP contribution in [-0.2, 0) is 23.8 Å². The number of aliphatic hydroxyl groups is 1. The van der Waals surface area contributed by atoms with E-state index in [4.69, 9.17) is 14.2 Å². The molecule has 314 valence electrons. The average molecular weight is 826 g/mol. The van der Waals surface area contributed by atoms with Gasteiger partial charge in [0.2, 0.25) is 11.6 Å². The van der Waals surface area contributed by atoms with Gasteiger partial charge in [-0.25, -0.2) is 10.6 Å². The van der Waals surface area contributed by atoms with Crippen LogP contribution in [0, 0.1) is 5.92 Å². The summed E-state index contributed by atoms with van der Waals surface area (Å²) in [6.45, 7) is 7.25. The van der Waals surface area contributed by atoms with E-state index in [1.807, 2.05) is 4.90 Å². The molecule has 54 heavy (non-hydrogen) atoms. The lowest BCUT2D eigenvalue weighted by atomic mass is 9.80. The first-order chi connectivity index (χ1) is 24.7. The van der Waals surface area contributed by atoms with Gasteiger partial charge in [-0.2, -0.15) is 0 Å². The van der Waals surface area contributed by atoms with Gasteiger partial charge in [0, 0.05) is 51.6 Å². The van der Waals surface area contributed by atoms with Crippen LogP contribution in [0.5, 0.6) is 0 Å². The number of allylic oxidation sites excluding steroid dienone is 1. The number of nitrogens with one attached hydrogen (secondary N) is 2. The van der Waals surface area contributed by atoms with Crippen LogP contribution in [0.4, 0.5) is 0 Å². The summed E-state index contributed by atoms with van der Waals surface area (Å²) >= 11 is 0. The molecule has 0 saturated carbocycles. The van der Waals surface area contributed by atoms with E-state index in [0.29, 0.717) is 45.1 Å². The average Bonchev–Trinajstić information content (AvgIpc) is 3.41. The van der Waals surface area contributed by atoms with Crippen molar-refractivity contribution < 1.29 is 82.2 Å². The van der Waals surface area contributed by atoms with E-state index in [-0.39, 0.29) is 73.3 Å². The number of hydrogen-bond donors (Lipinski definition) is 5. The van der Waals surface area contributed by atoms with Crippen molar-refractivity contribution in [2.24, 2.45) is 5.92 Å². The van der Waals surface area contributed by atoms with E-state index in [0.717, 1.165) is 122 Å². The highest BCUT2D eigenvalue weighted by atomic mass is 35.5. The Kier molecular flexibility index (Phi) is 21.5. The molecular weight excluding hydrogens is 755 g/mol. The molecule has 0 aromatic carbocycles. The summed E-state index contributed by atoms with van der Waals surface area (Å²) in [6.07, 6.45) is 21.7. The number of guanidine groups is 1. The molecular formula is C39H71Cl3N6O6. The molecule has 5 aliphatic rings. The van der Waals surface area contributed by atoms with E-state index in [1.54, 1.807) is 0 Å². The standard InChI is InChI=1S/C39H68N6O6.3ClH/c1-3-32-16-10-11-21-38(51-32)27-30-18-19-33-35(39(22-13-15-29(2)50-39)43-37(42-38)45(30)33)36(48)49-26-12-8-6-4-5-7-9-17-34(47)44(25-14-23-40)28-31(46)20-24-41;;;/h10,16,29-33,35,46H,3-9,11-15,17-28,40-41H2,1-2H3,(H,42,43);3*1H/t29-,30+,31+,32+,33-,35-,38+,39-;;;/m1.../s1. The Bertz CT molecular complexity index is 1220. The lowest BCUT2D eigenvalue weighted by molar-refractivity contribution is -0.609. The predicted molar refractivity (Wildman–Crippen MR) is 195 cm³/mol. The molecule has 0 radical (unpaired) electrons. The van der Waals surface area contributed by atoms with Crippen LogP contribution in [0.25, 0.3) is 0 Å². The molecule has 0 aromatic heterocycles. The fourth-order valence-corrected chi connectivity index (χ4v) is 9.28. The number of aliphatic hydroxyl groups excluding tert-OH is 1. The first-order valence-corrected chi connectivity index (χ1v) is 20.7. The fraction of sp³-hybridized carbons (Fsp3) is 0.872. The van der Waals surface area contributed by atoms with E-state index < -0.39 is 17.6 Å². The Hall–Kier alpha value is -1.38. The summed E-state index contributed by atoms with van der Waals surface area (Å²) in [5.74, 6) is 0.600. The van der Waals surface area contributed by atoms with Crippen molar-refractivity contribution in [1.29, 1.82) is 0 Å². The van der Waals surface area contributed by atoms with Crippen LogP contribution in [0.3, 0.4) is 0 Å². The van der Waals surface area contributed by atoms with Gasteiger partial charge < -0.3 is 72.9 Å². The van der Waals surface area contributed by atoms with E-state index in [1.165, 1.54) is 0 Å². The van der Waals surface area contributed by atoms with Crippen molar-refractivity contribution in [2.75, 3.05) is 32.8 Å². The van der Waals surface area contributed by atoms with Crippen LogP contribution in [0.2, 0.25) is 0 Å². The predicted octanol–water partition coefficient (Wildman–Crippen LogP) is -6.65. The van der Waals surface area contributed by atoms with Crippen molar-refractivity contribution in [3.8, 4) is 0 Å². The second kappa shape index (κ2) is 23.8. The van der Waals surface area contributed by atoms with Crippen LogP contribution < -0.4 is 59.3 Å². The van der Waals surface area contributed by atoms with Gasteiger partial charge in [-0.3, -0.25) is 14.2 Å². The van der Waals surface area contributed by atoms with E-state index in [9.17, 15) is 14.7 Å². The van der Waals surface area contributed by atoms with Gasteiger partial charge >= 0.3 is 11.9 Å². The lowest BCUT2D eigenvalue weighted by Gasteiger charge is -2.50. The minimum Gasteiger partial charge on any atom is -1.00 e. The normalized spacial score (nSPS) is 30.1. The number of hydrogen-bond acceptors (Lipinski definition) is 8. The molecule has 2 saturated heterocycles. The molecule has 5 heterocycles. The van der Waals surface area contributed by atoms with Gasteiger partial charge in [0.15, 0.2) is 11.6 Å². The SMILES string of the molecule is CC[C@H]1C=CCC[C@@]2(C[C@@H]3CC[C@@H]4[C@H](C(=O)OCCCCCCCCCC(=O)N(CCC[NH3+])C[C@@H](O)CC[NH3+])[C@]5(CCC[C@@H](C)O5)NC(=[N+]34)N2)O1.[Cl-].[Cl-].[Cl-]. The summed E-state index contributed by atoms with van der Waals surface area (Å²) in [4.78, 5) is 28.7. The molecule has 5 rings (SSSR count). The number of carbonyl (C=O) groups is 2. The third kappa shape index (κ3) is 12.6. The Balaban J connectivity index is 0.00000336. The van der Waals surface area contributed by atoms with Crippen molar-refractivity contribution in [2.45, 2.75) is 178 Å². The quantitative estimate of drug-likeness (QED) is 0.0372. The van der Waals surface area contributed by atoms with Gasteiger partial charge in [-0.1, -0.05) is 51.2 Å². The van der Waals surface area contributed by atoms with Crippen LogP contribution >= 0.6 is 0 Å². The fourth-order valence-electron chi connectivity index (χ4n) is 9.28. The number of halogens is 3. The smallest absolute Gasteiger partial charge is 0.350 e. The zero-order chi connectivity index (χ0) is 36.3. The Morgan fingerprint density at radius 2 is 1.74 bits per heavy atom.